The summed E-state index contributed by atoms with van der Waals surface area (Å²) < 4.78 is 4.56. The third-order valence-corrected chi connectivity index (χ3v) is 2.59. The van der Waals surface area contributed by atoms with Crippen LogP contribution >= 0.6 is 0 Å². The Morgan fingerprint density at radius 2 is 1.88 bits per heavy atom. The first-order valence-corrected chi connectivity index (χ1v) is 5.25. The highest BCUT2D eigenvalue weighted by Crippen LogP contribution is 2.25. The van der Waals surface area contributed by atoms with Crippen LogP contribution in [0, 0.1) is 0 Å². The van der Waals surface area contributed by atoms with Crippen LogP contribution in [0.1, 0.15) is 5.56 Å². The second-order valence-electron chi connectivity index (χ2n) is 3.65. The third kappa shape index (κ3) is 2.28. The molecule has 0 amide bonds. The van der Waals surface area contributed by atoms with Gasteiger partial charge in [-0.2, -0.15) is 0 Å². The predicted molar refractivity (Wildman–Crippen MR) is 69.4 cm³/mol. The number of hydrogen-bond donors (Lipinski definition) is 1. The van der Waals surface area contributed by atoms with E-state index in [1.807, 2.05) is 36.4 Å². The van der Waals surface area contributed by atoms with Gasteiger partial charge in [-0.05, 0) is 23.1 Å². The molecule has 0 radical (unpaired) electrons. The van der Waals surface area contributed by atoms with Crippen LogP contribution < -0.4 is 5.73 Å². The minimum atomic E-state index is -0.370. The number of nitrogen functional groups attached to an aromatic ring is 1. The van der Waals surface area contributed by atoms with Crippen molar-refractivity contribution in [2.45, 2.75) is 0 Å². The number of carbonyl (C=O) groups is 1. The van der Waals surface area contributed by atoms with Gasteiger partial charge in [-0.25, -0.2) is 4.79 Å². The molecule has 0 atom stereocenters. The number of hydrogen-bond acceptors (Lipinski definition) is 3. The minimum absolute atomic E-state index is 0.370. The zero-order chi connectivity index (χ0) is 12.3. The Balaban J connectivity index is 2.52. The van der Waals surface area contributed by atoms with Gasteiger partial charge in [-0.15, -0.1) is 0 Å². The van der Waals surface area contributed by atoms with Crippen LogP contribution in [0.3, 0.4) is 0 Å². The molecule has 0 spiro atoms. The van der Waals surface area contributed by atoms with Crippen molar-refractivity contribution in [2.75, 3.05) is 12.8 Å². The Morgan fingerprint density at radius 1 is 1.18 bits per heavy atom. The number of fused-ring (bicyclic) bond motifs is 1. The number of benzene rings is 2. The summed E-state index contributed by atoms with van der Waals surface area (Å²) in [4.78, 5) is 11.1. The fourth-order valence-corrected chi connectivity index (χ4v) is 1.72. The van der Waals surface area contributed by atoms with Crippen molar-refractivity contribution in [3.8, 4) is 0 Å². The molecule has 2 rings (SSSR count). The maximum atomic E-state index is 11.1. The lowest BCUT2D eigenvalue weighted by atomic mass is 10.0. The first kappa shape index (κ1) is 11.2. The number of nitrogens with two attached hydrogens (primary N) is 1. The van der Waals surface area contributed by atoms with E-state index in [2.05, 4.69) is 4.74 Å². The van der Waals surface area contributed by atoms with E-state index in [1.165, 1.54) is 13.2 Å². The van der Waals surface area contributed by atoms with Gasteiger partial charge in [0.15, 0.2) is 0 Å². The van der Waals surface area contributed by atoms with E-state index in [4.69, 9.17) is 5.73 Å². The molecule has 0 fully saturated rings. The molecule has 0 aliphatic carbocycles. The number of anilines is 1. The summed E-state index contributed by atoms with van der Waals surface area (Å²) in [6, 6.07) is 11.5. The van der Waals surface area contributed by atoms with E-state index in [9.17, 15) is 4.79 Å². The summed E-state index contributed by atoms with van der Waals surface area (Å²) in [7, 11) is 1.35. The van der Waals surface area contributed by atoms with Gasteiger partial charge in [-0.3, -0.25) is 0 Å². The van der Waals surface area contributed by atoms with Crippen molar-refractivity contribution in [3.63, 3.8) is 0 Å². The summed E-state index contributed by atoms with van der Waals surface area (Å²) in [5.41, 5.74) is 7.57. The maximum absolute atomic E-state index is 11.1. The van der Waals surface area contributed by atoms with Gasteiger partial charge in [0.2, 0.25) is 0 Å². The first-order valence-electron chi connectivity index (χ1n) is 5.25. The molecule has 0 aromatic heterocycles. The van der Waals surface area contributed by atoms with Gasteiger partial charge in [0.1, 0.15) is 0 Å². The molecule has 3 heteroatoms. The molecule has 0 unspecified atom stereocenters. The molecular formula is C14H13NO2. The fourth-order valence-electron chi connectivity index (χ4n) is 1.72. The van der Waals surface area contributed by atoms with E-state index in [0.717, 1.165) is 22.0 Å². The lowest BCUT2D eigenvalue weighted by Crippen LogP contribution is -1.94. The van der Waals surface area contributed by atoms with E-state index >= 15 is 0 Å². The fraction of sp³-hybridized carbons (Fsp3) is 0.0714. The summed E-state index contributed by atoms with van der Waals surface area (Å²) in [6.07, 6.45) is 3.13. The number of esters is 1. The van der Waals surface area contributed by atoms with Crippen molar-refractivity contribution in [1.82, 2.24) is 0 Å². The molecule has 0 heterocycles. The predicted octanol–water partition coefficient (Wildman–Crippen LogP) is 2.61. The molecule has 2 aromatic carbocycles. The second-order valence-corrected chi connectivity index (χ2v) is 3.65. The Bertz CT molecular complexity index is 588. The smallest absolute Gasteiger partial charge is 0.330 e. The van der Waals surface area contributed by atoms with Crippen LogP contribution in [-0.4, -0.2) is 13.1 Å². The lowest BCUT2D eigenvalue weighted by Gasteiger charge is -2.05. The number of ether oxygens (including phenoxy) is 1. The minimum Gasteiger partial charge on any atom is -0.466 e. The van der Waals surface area contributed by atoms with Crippen molar-refractivity contribution >= 4 is 28.5 Å². The van der Waals surface area contributed by atoms with Crippen LogP contribution in [0.4, 0.5) is 5.69 Å². The number of carbonyl (C=O) groups excluding carboxylic acids is 1. The van der Waals surface area contributed by atoms with Gasteiger partial charge in [0.25, 0.3) is 0 Å². The van der Waals surface area contributed by atoms with Gasteiger partial charge in [0, 0.05) is 17.1 Å². The van der Waals surface area contributed by atoms with Gasteiger partial charge >= 0.3 is 5.97 Å². The van der Waals surface area contributed by atoms with Crippen LogP contribution in [0.25, 0.3) is 16.8 Å². The summed E-state index contributed by atoms with van der Waals surface area (Å²) in [6.45, 7) is 0. The van der Waals surface area contributed by atoms with Crippen LogP contribution in [-0.2, 0) is 9.53 Å². The Morgan fingerprint density at radius 3 is 2.59 bits per heavy atom. The summed E-state index contributed by atoms with van der Waals surface area (Å²) >= 11 is 0. The largest absolute Gasteiger partial charge is 0.466 e. The number of rotatable bonds is 2. The van der Waals surface area contributed by atoms with Crippen LogP contribution in [0.15, 0.2) is 42.5 Å². The molecule has 0 aliphatic rings. The first-order chi connectivity index (χ1) is 8.22. The van der Waals surface area contributed by atoms with Crippen LogP contribution in [0.5, 0.6) is 0 Å². The molecule has 0 aliphatic heterocycles. The van der Waals surface area contributed by atoms with E-state index in [1.54, 1.807) is 6.08 Å². The summed E-state index contributed by atoms with van der Waals surface area (Å²) in [5.74, 6) is -0.370. The summed E-state index contributed by atoms with van der Waals surface area (Å²) in [5, 5.41) is 2.01. The molecule has 86 valence electrons. The molecule has 0 saturated heterocycles. The maximum Gasteiger partial charge on any atom is 0.330 e. The molecule has 0 saturated carbocycles. The Labute approximate surface area is 99.5 Å². The molecule has 2 aromatic rings. The Hall–Kier alpha value is -2.29. The Kier molecular flexibility index (Phi) is 3.10. The third-order valence-electron chi connectivity index (χ3n) is 2.59. The van der Waals surface area contributed by atoms with E-state index < -0.39 is 0 Å². The van der Waals surface area contributed by atoms with Crippen molar-refractivity contribution < 1.29 is 9.53 Å². The average molecular weight is 227 g/mol. The van der Waals surface area contributed by atoms with E-state index in [0.29, 0.717) is 0 Å². The van der Waals surface area contributed by atoms with Crippen molar-refractivity contribution in [2.24, 2.45) is 0 Å². The van der Waals surface area contributed by atoms with Crippen LogP contribution in [0.2, 0.25) is 0 Å². The highest BCUT2D eigenvalue weighted by molar-refractivity contribution is 6.00. The van der Waals surface area contributed by atoms with Gasteiger partial charge < -0.3 is 10.5 Å². The molecule has 17 heavy (non-hydrogen) atoms. The topological polar surface area (TPSA) is 52.3 Å². The van der Waals surface area contributed by atoms with Crippen molar-refractivity contribution in [3.05, 3.63) is 48.0 Å². The van der Waals surface area contributed by atoms with Gasteiger partial charge in [0.05, 0.1) is 7.11 Å². The zero-order valence-corrected chi connectivity index (χ0v) is 9.51. The SMILES string of the molecule is COC(=O)/C=C/c1ccc(N)c2ccccc12. The molecular weight excluding hydrogens is 214 g/mol. The number of methoxy groups -OCH3 is 1. The quantitative estimate of drug-likeness (QED) is 0.487. The normalized spacial score (nSPS) is 10.9. The second kappa shape index (κ2) is 4.70. The monoisotopic (exact) mass is 227 g/mol. The molecule has 0 bridgehead atoms. The average Bonchev–Trinajstić information content (AvgIpc) is 2.38. The molecule has 3 nitrogen and oxygen atoms in total. The lowest BCUT2D eigenvalue weighted by molar-refractivity contribution is -0.134. The zero-order valence-electron chi connectivity index (χ0n) is 9.51. The van der Waals surface area contributed by atoms with Crippen molar-refractivity contribution in [1.29, 1.82) is 0 Å². The molecule has 2 N–H and O–H groups in total. The van der Waals surface area contributed by atoms with Gasteiger partial charge in [-0.1, -0.05) is 30.3 Å². The standard InChI is InChI=1S/C14H13NO2/c1-17-14(16)9-7-10-6-8-13(15)12-5-3-2-4-11(10)12/h2-9H,15H2,1H3/b9-7+. The van der Waals surface area contributed by atoms with E-state index in [-0.39, 0.29) is 5.97 Å². The highest BCUT2D eigenvalue weighted by Gasteiger charge is 2.01. The highest BCUT2D eigenvalue weighted by atomic mass is 16.5.